The molecule has 0 spiro atoms. The van der Waals surface area contributed by atoms with E-state index in [1.54, 1.807) is 34.9 Å². The van der Waals surface area contributed by atoms with Crippen LogP contribution in [0.15, 0.2) is 71.9 Å². The molecule has 4 aromatic rings. The SMILES string of the molecule is CCC1CCCCN1S(=O)(=O)c1ccc(C(=O)N(Cc2cccnc2)c2nc3c(F)cccc3s2)cc1. The monoisotopic (exact) mass is 538 g/mol. The number of nitrogens with zero attached hydrogens (tertiary/aromatic N) is 4. The topological polar surface area (TPSA) is 83.5 Å². The minimum atomic E-state index is -3.66. The van der Waals surface area contributed by atoms with Gasteiger partial charge in [0.2, 0.25) is 10.0 Å². The first-order chi connectivity index (χ1) is 17.9. The summed E-state index contributed by atoms with van der Waals surface area (Å²) >= 11 is 1.22. The lowest BCUT2D eigenvalue weighted by Crippen LogP contribution is -2.43. The Bertz CT molecular complexity index is 1510. The van der Waals surface area contributed by atoms with Crippen molar-refractivity contribution in [1.82, 2.24) is 14.3 Å². The third-order valence-electron chi connectivity index (χ3n) is 6.65. The van der Waals surface area contributed by atoms with Crippen molar-refractivity contribution in [1.29, 1.82) is 0 Å². The number of para-hydroxylation sites is 1. The van der Waals surface area contributed by atoms with Crippen LogP contribution in [0.3, 0.4) is 0 Å². The summed E-state index contributed by atoms with van der Waals surface area (Å²) < 4.78 is 43.3. The maximum Gasteiger partial charge on any atom is 0.260 e. The number of anilines is 1. The summed E-state index contributed by atoms with van der Waals surface area (Å²) in [5.74, 6) is -0.817. The van der Waals surface area contributed by atoms with Crippen molar-refractivity contribution in [3.63, 3.8) is 0 Å². The highest BCUT2D eigenvalue weighted by atomic mass is 32.2. The fourth-order valence-electron chi connectivity index (χ4n) is 4.68. The number of fused-ring (bicyclic) bond motifs is 1. The van der Waals surface area contributed by atoms with Crippen LogP contribution in [0.5, 0.6) is 0 Å². The third kappa shape index (κ3) is 5.14. The number of amides is 1. The first-order valence-electron chi connectivity index (χ1n) is 12.3. The maximum absolute atomic E-state index is 14.3. The largest absolute Gasteiger partial charge is 0.279 e. The summed E-state index contributed by atoms with van der Waals surface area (Å²) in [7, 11) is -3.66. The van der Waals surface area contributed by atoms with E-state index in [2.05, 4.69) is 9.97 Å². The Hall–Kier alpha value is -3.21. The molecule has 0 bridgehead atoms. The van der Waals surface area contributed by atoms with Gasteiger partial charge in [-0.15, -0.1) is 0 Å². The molecule has 3 heterocycles. The molecule has 1 aliphatic heterocycles. The smallest absolute Gasteiger partial charge is 0.260 e. The Kier molecular flexibility index (Phi) is 7.32. The molecule has 0 aliphatic carbocycles. The first kappa shape index (κ1) is 25.4. The molecule has 10 heteroatoms. The Morgan fingerprint density at radius 1 is 1.14 bits per heavy atom. The Morgan fingerprint density at radius 3 is 2.65 bits per heavy atom. The highest BCUT2D eigenvalue weighted by Crippen LogP contribution is 2.32. The van der Waals surface area contributed by atoms with E-state index in [4.69, 9.17) is 0 Å². The quantitative estimate of drug-likeness (QED) is 0.305. The van der Waals surface area contributed by atoms with Gasteiger partial charge < -0.3 is 0 Å². The Morgan fingerprint density at radius 2 is 1.95 bits per heavy atom. The van der Waals surface area contributed by atoms with Crippen LogP contribution in [0, 0.1) is 5.82 Å². The van der Waals surface area contributed by atoms with Crippen LogP contribution in [0.25, 0.3) is 10.2 Å². The minimum Gasteiger partial charge on any atom is -0.279 e. The van der Waals surface area contributed by atoms with Crippen molar-refractivity contribution in [3.05, 3.63) is 83.9 Å². The van der Waals surface area contributed by atoms with E-state index in [9.17, 15) is 17.6 Å². The van der Waals surface area contributed by atoms with Gasteiger partial charge >= 0.3 is 0 Å². The zero-order valence-corrected chi connectivity index (χ0v) is 22.0. The van der Waals surface area contributed by atoms with Crippen LogP contribution >= 0.6 is 11.3 Å². The fraction of sp³-hybridized carbons (Fsp3) is 0.296. The van der Waals surface area contributed by atoms with Crippen LogP contribution in [0.2, 0.25) is 0 Å². The van der Waals surface area contributed by atoms with Crippen LogP contribution < -0.4 is 4.90 Å². The molecule has 7 nitrogen and oxygen atoms in total. The van der Waals surface area contributed by atoms with Gasteiger partial charge in [0.1, 0.15) is 11.3 Å². The number of carbonyl (C=O) groups excluding carboxylic acids is 1. The molecule has 0 saturated carbocycles. The predicted octanol–water partition coefficient (Wildman–Crippen LogP) is 5.63. The normalized spacial score (nSPS) is 16.6. The lowest BCUT2D eigenvalue weighted by atomic mass is 10.0. The van der Waals surface area contributed by atoms with E-state index in [-0.39, 0.29) is 28.9 Å². The fourth-order valence-corrected chi connectivity index (χ4v) is 7.42. The van der Waals surface area contributed by atoms with Crippen molar-refractivity contribution in [3.8, 4) is 0 Å². The highest BCUT2D eigenvalue weighted by molar-refractivity contribution is 7.89. The minimum absolute atomic E-state index is 0.00513. The number of aromatic nitrogens is 2. The number of pyridine rings is 1. The van der Waals surface area contributed by atoms with Gasteiger partial charge in [-0.05, 0) is 67.3 Å². The van der Waals surface area contributed by atoms with Crippen molar-refractivity contribution >= 4 is 42.6 Å². The molecule has 0 N–H and O–H groups in total. The number of halogens is 1. The van der Waals surface area contributed by atoms with Gasteiger partial charge in [0.15, 0.2) is 5.13 Å². The number of carbonyl (C=O) groups is 1. The summed E-state index contributed by atoms with van der Waals surface area (Å²) in [5, 5.41) is 0.352. The summed E-state index contributed by atoms with van der Waals surface area (Å²) in [6, 6.07) is 14.4. The van der Waals surface area contributed by atoms with Gasteiger partial charge in [-0.2, -0.15) is 4.31 Å². The number of hydrogen-bond acceptors (Lipinski definition) is 6. The van der Waals surface area contributed by atoms with Gasteiger partial charge in [-0.1, -0.05) is 36.8 Å². The summed E-state index contributed by atoms with van der Waals surface area (Å²) in [6.45, 7) is 2.69. The number of thiazole rings is 1. The van der Waals surface area contributed by atoms with E-state index in [0.29, 0.717) is 21.9 Å². The van der Waals surface area contributed by atoms with Crippen molar-refractivity contribution < 1.29 is 17.6 Å². The molecule has 1 fully saturated rings. The molecule has 1 amide bonds. The summed E-state index contributed by atoms with van der Waals surface area (Å²) in [4.78, 5) is 23.9. The first-order valence-corrected chi connectivity index (χ1v) is 14.5. The standard InChI is InChI=1S/C27H27FN4O3S2/c1-2-21-8-3-4-16-32(21)37(34,35)22-13-11-20(12-14-22)26(33)31(18-19-7-6-15-29-17-19)27-30-25-23(28)9-5-10-24(25)36-27/h5-7,9-15,17,21H,2-4,8,16,18H2,1H3. The number of benzene rings is 2. The maximum atomic E-state index is 14.3. The van der Waals surface area contributed by atoms with Gasteiger partial charge in [0, 0.05) is 30.5 Å². The van der Waals surface area contributed by atoms with E-state index >= 15 is 0 Å². The lowest BCUT2D eigenvalue weighted by Gasteiger charge is -2.34. The molecule has 1 aliphatic rings. The molecule has 5 rings (SSSR count). The number of hydrogen-bond donors (Lipinski definition) is 0. The molecule has 37 heavy (non-hydrogen) atoms. The molecular weight excluding hydrogens is 511 g/mol. The summed E-state index contributed by atoms with van der Waals surface area (Å²) in [6.07, 6.45) is 6.80. The van der Waals surface area contributed by atoms with Crippen LogP contribution in [-0.4, -0.2) is 41.2 Å². The highest BCUT2D eigenvalue weighted by Gasteiger charge is 2.32. The molecule has 1 atom stereocenters. The van der Waals surface area contributed by atoms with Gasteiger partial charge in [-0.25, -0.2) is 17.8 Å². The molecule has 1 saturated heterocycles. The van der Waals surface area contributed by atoms with Gasteiger partial charge in [0.25, 0.3) is 5.91 Å². The molecule has 0 radical (unpaired) electrons. The van der Waals surface area contributed by atoms with E-state index in [1.807, 2.05) is 13.0 Å². The Labute approximate surface area is 219 Å². The predicted molar refractivity (Wildman–Crippen MR) is 143 cm³/mol. The second-order valence-electron chi connectivity index (χ2n) is 9.03. The van der Waals surface area contributed by atoms with Crippen molar-refractivity contribution in [2.24, 2.45) is 0 Å². The molecule has 2 aromatic carbocycles. The molecule has 2 aromatic heterocycles. The van der Waals surface area contributed by atoms with E-state index in [0.717, 1.165) is 31.2 Å². The molecular formula is C27H27FN4O3S2. The Balaban J connectivity index is 1.47. The lowest BCUT2D eigenvalue weighted by molar-refractivity contribution is 0.0985. The number of rotatable bonds is 7. The zero-order valence-electron chi connectivity index (χ0n) is 20.4. The van der Waals surface area contributed by atoms with Crippen molar-refractivity contribution in [2.75, 3.05) is 11.4 Å². The van der Waals surface area contributed by atoms with E-state index in [1.165, 1.54) is 46.6 Å². The summed E-state index contributed by atoms with van der Waals surface area (Å²) in [5.41, 5.74) is 1.30. The second kappa shape index (κ2) is 10.6. The van der Waals surface area contributed by atoms with Crippen LogP contribution in [0.1, 0.15) is 48.5 Å². The molecule has 192 valence electrons. The average molecular weight is 539 g/mol. The average Bonchev–Trinajstić information content (AvgIpc) is 3.37. The van der Waals surface area contributed by atoms with Gasteiger partial charge in [0.05, 0.1) is 16.1 Å². The van der Waals surface area contributed by atoms with Crippen LogP contribution in [-0.2, 0) is 16.6 Å². The third-order valence-corrected chi connectivity index (χ3v) is 9.66. The van der Waals surface area contributed by atoms with Crippen molar-refractivity contribution in [2.45, 2.75) is 50.1 Å². The van der Waals surface area contributed by atoms with E-state index < -0.39 is 15.8 Å². The molecule has 1 unspecified atom stereocenters. The van der Waals surface area contributed by atoms with Crippen LogP contribution in [0.4, 0.5) is 9.52 Å². The number of sulfonamides is 1. The second-order valence-corrected chi connectivity index (χ2v) is 11.9. The zero-order chi connectivity index (χ0) is 26.0. The van der Waals surface area contributed by atoms with Gasteiger partial charge in [-0.3, -0.25) is 14.7 Å². The number of piperidine rings is 1.